The van der Waals surface area contributed by atoms with Crippen LogP contribution >= 0.6 is 39.1 Å². The van der Waals surface area contributed by atoms with E-state index in [4.69, 9.17) is 23.2 Å². The Labute approximate surface area is 227 Å². The molecule has 9 nitrogen and oxygen atoms in total. The van der Waals surface area contributed by atoms with Crippen molar-refractivity contribution in [3.05, 3.63) is 87.4 Å². The first-order valence-corrected chi connectivity index (χ1v) is 12.7. The zero-order chi connectivity index (χ0) is 26.3. The number of benzene rings is 2. The Bertz CT molecular complexity index is 1160. The van der Waals surface area contributed by atoms with Gasteiger partial charge in [0.25, 0.3) is 0 Å². The minimum Gasteiger partial charge on any atom is -0.508 e. The zero-order valence-electron chi connectivity index (χ0n) is 19.8. The number of aliphatic hydroxyl groups is 2. The number of phenolic OH excluding ortho intramolecular Hbond substituents is 1. The summed E-state index contributed by atoms with van der Waals surface area (Å²) in [6, 6.07) is 10.0. The Kier molecular flexibility index (Phi) is 9.48. The van der Waals surface area contributed by atoms with Crippen LogP contribution in [0, 0.1) is 0 Å². The second-order valence-corrected chi connectivity index (χ2v) is 9.97. The number of halogens is 3. The van der Waals surface area contributed by atoms with Crippen LogP contribution in [0.15, 0.2) is 66.2 Å². The Morgan fingerprint density at radius 3 is 1.67 bits per heavy atom. The second kappa shape index (κ2) is 12.2. The third kappa shape index (κ3) is 6.83. The lowest BCUT2D eigenvalue weighted by molar-refractivity contribution is 0.0106. The van der Waals surface area contributed by atoms with Gasteiger partial charge < -0.3 is 15.3 Å². The molecule has 0 fully saturated rings. The topological polar surface area (TPSA) is 122 Å². The monoisotopic (exact) mass is 596 g/mol. The molecule has 3 N–H and O–H groups in total. The molecule has 192 valence electrons. The number of rotatable bonds is 8. The largest absolute Gasteiger partial charge is 0.508 e. The van der Waals surface area contributed by atoms with Gasteiger partial charge in [0, 0.05) is 20.6 Å². The Morgan fingerprint density at radius 1 is 0.806 bits per heavy atom. The van der Waals surface area contributed by atoms with E-state index in [0.717, 1.165) is 4.47 Å². The fourth-order valence-electron chi connectivity index (χ4n) is 3.69. The molecule has 4 rings (SSSR count). The van der Waals surface area contributed by atoms with Gasteiger partial charge >= 0.3 is 0 Å². The molecule has 0 saturated carbocycles. The van der Waals surface area contributed by atoms with Gasteiger partial charge in [-0.15, -0.1) is 0 Å². The van der Waals surface area contributed by atoms with Crippen LogP contribution in [0.25, 0.3) is 0 Å². The number of aromatic hydroxyl groups is 1. The van der Waals surface area contributed by atoms with Crippen molar-refractivity contribution in [2.45, 2.75) is 51.0 Å². The van der Waals surface area contributed by atoms with Crippen molar-refractivity contribution < 1.29 is 15.3 Å². The van der Waals surface area contributed by atoms with Crippen molar-refractivity contribution in [2.24, 2.45) is 0 Å². The molecule has 12 heteroatoms. The lowest BCUT2D eigenvalue weighted by Gasteiger charge is -2.28. The van der Waals surface area contributed by atoms with Gasteiger partial charge in [-0.2, -0.15) is 10.2 Å². The van der Waals surface area contributed by atoms with Crippen molar-refractivity contribution in [1.82, 2.24) is 29.5 Å². The van der Waals surface area contributed by atoms with Gasteiger partial charge in [0.2, 0.25) is 0 Å². The van der Waals surface area contributed by atoms with E-state index in [0.29, 0.717) is 40.6 Å². The molecule has 36 heavy (non-hydrogen) atoms. The van der Waals surface area contributed by atoms with E-state index in [1.54, 1.807) is 27.8 Å². The van der Waals surface area contributed by atoms with Crippen LogP contribution in [0.1, 0.15) is 37.8 Å². The summed E-state index contributed by atoms with van der Waals surface area (Å²) in [6.07, 6.45) is 6.97. The highest BCUT2D eigenvalue weighted by Crippen LogP contribution is 2.35. The predicted octanol–water partition coefficient (Wildman–Crippen LogP) is 4.93. The summed E-state index contributed by atoms with van der Waals surface area (Å²) in [7, 11) is 0. The molecule has 2 unspecified atom stereocenters. The van der Waals surface area contributed by atoms with Gasteiger partial charge in [0.05, 0.1) is 18.1 Å². The van der Waals surface area contributed by atoms with E-state index >= 15 is 0 Å². The molecule has 2 aromatic heterocycles. The average molecular weight is 598 g/mol. The van der Waals surface area contributed by atoms with Crippen molar-refractivity contribution in [1.29, 1.82) is 0 Å². The minimum atomic E-state index is -1.14. The lowest BCUT2D eigenvalue weighted by Crippen LogP contribution is -2.31. The highest BCUT2D eigenvalue weighted by molar-refractivity contribution is 9.10. The predicted molar refractivity (Wildman–Crippen MR) is 141 cm³/mol. The van der Waals surface area contributed by atoms with Crippen LogP contribution in [0.4, 0.5) is 0 Å². The van der Waals surface area contributed by atoms with E-state index in [1.807, 2.05) is 26.0 Å². The summed E-state index contributed by atoms with van der Waals surface area (Å²) in [6.45, 7) is 4.36. The number of phenols is 1. The molecule has 0 aliphatic rings. The van der Waals surface area contributed by atoms with Crippen LogP contribution in [0.3, 0.4) is 0 Å². The molecule has 0 spiro atoms. The van der Waals surface area contributed by atoms with Crippen LogP contribution < -0.4 is 0 Å². The smallest absolute Gasteiger partial charge is 0.137 e. The van der Waals surface area contributed by atoms with Crippen LogP contribution in [0.2, 0.25) is 10.0 Å². The normalized spacial score (nSPS) is 14.4. The summed E-state index contributed by atoms with van der Waals surface area (Å²) >= 11 is 15.6. The molecule has 0 radical (unpaired) electrons. The minimum absolute atomic E-state index is 0.0722. The van der Waals surface area contributed by atoms with Crippen molar-refractivity contribution in [2.75, 3.05) is 0 Å². The molecule has 0 saturated heterocycles. The highest BCUT2D eigenvalue weighted by atomic mass is 79.9. The number of hydrogen-bond acceptors (Lipinski definition) is 7. The van der Waals surface area contributed by atoms with Crippen LogP contribution in [-0.4, -0.2) is 44.8 Å². The Balaban J connectivity index is 0.000000201. The fraction of sp³-hybridized carbons (Fsp3) is 0.333. The summed E-state index contributed by atoms with van der Waals surface area (Å²) in [5.74, 6) is 0.0722. The van der Waals surface area contributed by atoms with E-state index in [-0.39, 0.29) is 12.3 Å². The SMILES string of the molecule is CCC(O)(Cn1cncn1)c1ccc(Br)cc1Cl.CCC(O)(Cn1cncn1)c1ccc(O)cc1Cl. The maximum atomic E-state index is 10.7. The number of aromatic nitrogens is 6. The standard InChI is InChI=1S/C12H13BrClN3O.C12H14ClN3O2/c1-2-12(18,6-17-8-15-7-16-17)10-4-3-9(13)5-11(10)14;1-2-12(18,6-16-8-14-7-15-16)10-4-3-9(17)5-11(10)13/h3-5,7-8,18H,2,6H2,1H3;3-5,7-8,17-18H,2,6H2,1H3. The van der Waals surface area contributed by atoms with Crippen molar-refractivity contribution >= 4 is 39.1 Å². The maximum Gasteiger partial charge on any atom is 0.137 e. The van der Waals surface area contributed by atoms with Gasteiger partial charge in [-0.1, -0.05) is 65.1 Å². The first-order chi connectivity index (χ1) is 17.1. The molecular weight excluding hydrogens is 571 g/mol. The van der Waals surface area contributed by atoms with E-state index in [9.17, 15) is 15.3 Å². The molecule has 2 aromatic carbocycles. The maximum absolute atomic E-state index is 10.7. The highest BCUT2D eigenvalue weighted by Gasteiger charge is 2.31. The Morgan fingerprint density at radius 2 is 1.28 bits per heavy atom. The van der Waals surface area contributed by atoms with Crippen molar-refractivity contribution in [3.8, 4) is 5.75 Å². The molecule has 2 atom stereocenters. The molecule has 0 bridgehead atoms. The second-order valence-electron chi connectivity index (χ2n) is 8.24. The van der Waals surface area contributed by atoms with Gasteiger partial charge in [0.1, 0.15) is 42.3 Å². The van der Waals surface area contributed by atoms with E-state index in [2.05, 4.69) is 36.1 Å². The summed E-state index contributed by atoms with van der Waals surface area (Å²) in [5, 5.41) is 39.6. The van der Waals surface area contributed by atoms with Crippen LogP contribution in [-0.2, 0) is 24.3 Å². The third-order valence-corrected chi connectivity index (χ3v) is 6.96. The molecule has 2 heterocycles. The van der Waals surface area contributed by atoms with Gasteiger partial charge in [-0.05, 0) is 37.1 Å². The molecular formula is C24H27BrCl2N6O3. The van der Waals surface area contributed by atoms with Gasteiger partial charge in [-0.3, -0.25) is 0 Å². The number of hydrogen-bond donors (Lipinski definition) is 3. The van der Waals surface area contributed by atoms with Crippen LogP contribution in [0.5, 0.6) is 5.75 Å². The lowest BCUT2D eigenvalue weighted by atomic mass is 9.91. The summed E-state index contributed by atoms with van der Waals surface area (Å²) < 4.78 is 4.03. The van der Waals surface area contributed by atoms with Gasteiger partial charge in [0.15, 0.2) is 0 Å². The Hall–Kier alpha value is -2.50. The number of nitrogens with zero attached hydrogens (tertiary/aromatic N) is 6. The fourth-order valence-corrected chi connectivity index (χ4v) is 4.89. The third-order valence-electron chi connectivity index (χ3n) is 5.84. The summed E-state index contributed by atoms with van der Waals surface area (Å²) in [5.41, 5.74) is -0.922. The van der Waals surface area contributed by atoms with Gasteiger partial charge in [-0.25, -0.2) is 19.3 Å². The molecule has 0 aliphatic carbocycles. The average Bonchev–Trinajstić information content (AvgIpc) is 3.53. The van der Waals surface area contributed by atoms with E-state index < -0.39 is 11.2 Å². The zero-order valence-corrected chi connectivity index (χ0v) is 22.9. The molecule has 0 aliphatic heterocycles. The summed E-state index contributed by atoms with van der Waals surface area (Å²) in [4.78, 5) is 7.71. The first-order valence-electron chi connectivity index (χ1n) is 11.1. The first kappa shape index (κ1) is 28.1. The quantitative estimate of drug-likeness (QED) is 0.263. The van der Waals surface area contributed by atoms with E-state index in [1.165, 1.54) is 31.1 Å². The van der Waals surface area contributed by atoms with Crippen molar-refractivity contribution in [3.63, 3.8) is 0 Å². The molecule has 4 aromatic rings. The molecule has 0 amide bonds.